The number of aryl methyl sites for hydroxylation is 2. The Labute approximate surface area is 103 Å². The van der Waals surface area contributed by atoms with Crippen molar-refractivity contribution in [2.45, 2.75) is 27.7 Å². The molecule has 0 spiro atoms. The monoisotopic (exact) mass is 232 g/mol. The Morgan fingerprint density at radius 1 is 1.35 bits per heavy atom. The molecule has 0 fully saturated rings. The van der Waals surface area contributed by atoms with Crippen molar-refractivity contribution in [3.8, 4) is 11.8 Å². The van der Waals surface area contributed by atoms with Gasteiger partial charge in [0.1, 0.15) is 5.75 Å². The van der Waals surface area contributed by atoms with Crippen LogP contribution in [0.25, 0.3) is 0 Å². The van der Waals surface area contributed by atoms with Crippen LogP contribution in [0.2, 0.25) is 0 Å². The minimum absolute atomic E-state index is 0.386. The Kier molecular flexibility index (Phi) is 4.01. The van der Waals surface area contributed by atoms with Gasteiger partial charge in [-0.25, -0.2) is 0 Å². The van der Waals surface area contributed by atoms with Crippen LogP contribution in [-0.2, 0) is 0 Å². The van der Waals surface area contributed by atoms with E-state index in [0.29, 0.717) is 6.54 Å². The summed E-state index contributed by atoms with van der Waals surface area (Å²) in [6.07, 6.45) is 0. The molecule has 0 unspecified atom stereocenters. The fraction of sp³-hybridized carbons (Fsp3) is 0.500. The predicted octanol–water partition coefficient (Wildman–Crippen LogP) is 3.27. The number of nitrogens with one attached hydrogen (secondary N) is 1. The van der Waals surface area contributed by atoms with Crippen LogP contribution in [-0.4, -0.2) is 13.7 Å². The Morgan fingerprint density at radius 2 is 2.00 bits per heavy atom. The Balaban J connectivity index is 2.95. The summed E-state index contributed by atoms with van der Waals surface area (Å²) in [6.45, 7) is 8.49. The van der Waals surface area contributed by atoms with Gasteiger partial charge in [0, 0.05) is 6.54 Å². The maximum Gasteiger partial charge on any atom is 0.144 e. The maximum atomic E-state index is 8.99. The fourth-order valence-corrected chi connectivity index (χ4v) is 1.71. The number of nitriles is 1. The average molecular weight is 232 g/mol. The van der Waals surface area contributed by atoms with Crippen molar-refractivity contribution < 1.29 is 4.74 Å². The van der Waals surface area contributed by atoms with Crippen molar-refractivity contribution in [2.75, 3.05) is 19.0 Å². The van der Waals surface area contributed by atoms with E-state index in [2.05, 4.69) is 17.5 Å². The van der Waals surface area contributed by atoms with Crippen molar-refractivity contribution in [1.82, 2.24) is 0 Å². The van der Waals surface area contributed by atoms with Crippen LogP contribution < -0.4 is 10.1 Å². The molecule has 92 valence electrons. The van der Waals surface area contributed by atoms with E-state index in [1.165, 1.54) is 5.56 Å². The summed E-state index contributed by atoms with van der Waals surface area (Å²) in [5, 5.41) is 12.3. The zero-order valence-corrected chi connectivity index (χ0v) is 11.2. The minimum atomic E-state index is -0.386. The Morgan fingerprint density at radius 3 is 2.53 bits per heavy atom. The molecule has 0 amide bonds. The summed E-state index contributed by atoms with van der Waals surface area (Å²) >= 11 is 0. The van der Waals surface area contributed by atoms with Gasteiger partial charge in [-0.3, -0.25) is 0 Å². The molecule has 3 heteroatoms. The second-order valence-corrected chi connectivity index (χ2v) is 5.01. The van der Waals surface area contributed by atoms with Crippen molar-refractivity contribution in [2.24, 2.45) is 5.41 Å². The maximum absolute atomic E-state index is 8.99. The first-order chi connectivity index (χ1) is 7.89. The van der Waals surface area contributed by atoms with E-state index in [-0.39, 0.29) is 5.41 Å². The lowest BCUT2D eigenvalue weighted by Gasteiger charge is -2.19. The number of ether oxygens (including phenoxy) is 1. The lowest BCUT2D eigenvalue weighted by Crippen LogP contribution is -2.21. The molecule has 0 saturated carbocycles. The standard InChI is InChI=1S/C14H20N2O/c1-10-6-11(2)13(17-5)12(7-10)16-9-14(3,4)8-15/h6-7,16H,9H2,1-5H3. The Hall–Kier alpha value is -1.69. The third kappa shape index (κ3) is 3.39. The predicted molar refractivity (Wildman–Crippen MR) is 70.4 cm³/mol. The molecule has 0 bridgehead atoms. The van der Waals surface area contributed by atoms with Crippen LogP contribution in [0.5, 0.6) is 5.75 Å². The number of hydrogen-bond acceptors (Lipinski definition) is 3. The van der Waals surface area contributed by atoms with E-state index in [0.717, 1.165) is 17.0 Å². The van der Waals surface area contributed by atoms with Gasteiger partial charge in [-0.2, -0.15) is 5.26 Å². The number of methoxy groups -OCH3 is 1. The largest absolute Gasteiger partial charge is 0.494 e. The summed E-state index contributed by atoms with van der Waals surface area (Å²) in [4.78, 5) is 0. The van der Waals surface area contributed by atoms with E-state index in [9.17, 15) is 0 Å². The number of rotatable bonds is 4. The van der Waals surface area contributed by atoms with Crippen LogP contribution in [0.3, 0.4) is 0 Å². The van der Waals surface area contributed by atoms with Gasteiger partial charge in [0.15, 0.2) is 0 Å². The second kappa shape index (κ2) is 5.09. The molecule has 0 heterocycles. The number of benzene rings is 1. The van der Waals surface area contributed by atoms with Gasteiger partial charge >= 0.3 is 0 Å². The Bertz CT molecular complexity index is 444. The minimum Gasteiger partial charge on any atom is -0.494 e. The van der Waals surface area contributed by atoms with Gasteiger partial charge in [0.05, 0.1) is 24.3 Å². The van der Waals surface area contributed by atoms with Crippen LogP contribution in [0.15, 0.2) is 12.1 Å². The lowest BCUT2D eigenvalue weighted by molar-refractivity contribution is 0.412. The molecule has 1 aromatic carbocycles. The highest BCUT2D eigenvalue weighted by molar-refractivity contribution is 5.61. The van der Waals surface area contributed by atoms with E-state index in [1.807, 2.05) is 33.8 Å². The summed E-state index contributed by atoms with van der Waals surface area (Å²) in [7, 11) is 1.66. The molecule has 0 radical (unpaired) electrons. The third-order valence-corrected chi connectivity index (χ3v) is 2.65. The van der Waals surface area contributed by atoms with Crippen LogP contribution in [0.4, 0.5) is 5.69 Å². The van der Waals surface area contributed by atoms with Crippen molar-refractivity contribution in [1.29, 1.82) is 5.26 Å². The summed E-state index contributed by atoms with van der Waals surface area (Å²) in [6, 6.07) is 6.40. The molecule has 0 atom stereocenters. The molecule has 1 N–H and O–H groups in total. The molecule has 0 aliphatic rings. The SMILES string of the molecule is COc1c(C)cc(C)cc1NCC(C)(C)C#N. The molecular formula is C14H20N2O. The molecule has 0 aliphatic heterocycles. The third-order valence-electron chi connectivity index (χ3n) is 2.65. The summed E-state index contributed by atoms with van der Waals surface area (Å²) < 4.78 is 5.38. The summed E-state index contributed by atoms with van der Waals surface area (Å²) in [5.41, 5.74) is 2.85. The molecule has 0 saturated heterocycles. The number of anilines is 1. The van der Waals surface area contributed by atoms with E-state index in [4.69, 9.17) is 10.00 Å². The zero-order chi connectivity index (χ0) is 13.1. The fourth-order valence-electron chi connectivity index (χ4n) is 1.71. The van der Waals surface area contributed by atoms with Gasteiger partial charge in [0.25, 0.3) is 0 Å². The first kappa shape index (κ1) is 13.4. The number of nitrogens with zero attached hydrogens (tertiary/aromatic N) is 1. The van der Waals surface area contributed by atoms with E-state index in [1.54, 1.807) is 7.11 Å². The first-order valence-electron chi connectivity index (χ1n) is 5.70. The highest BCUT2D eigenvalue weighted by Crippen LogP contribution is 2.30. The highest BCUT2D eigenvalue weighted by Gasteiger charge is 2.17. The quantitative estimate of drug-likeness (QED) is 0.866. The molecule has 3 nitrogen and oxygen atoms in total. The topological polar surface area (TPSA) is 45.0 Å². The highest BCUT2D eigenvalue weighted by atomic mass is 16.5. The van der Waals surface area contributed by atoms with E-state index < -0.39 is 0 Å². The van der Waals surface area contributed by atoms with Crippen molar-refractivity contribution in [3.63, 3.8) is 0 Å². The summed E-state index contributed by atoms with van der Waals surface area (Å²) in [5.74, 6) is 0.851. The van der Waals surface area contributed by atoms with Gasteiger partial charge in [-0.05, 0) is 44.9 Å². The molecular weight excluding hydrogens is 212 g/mol. The molecule has 0 aromatic heterocycles. The van der Waals surface area contributed by atoms with Crippen LogP contribution in [0.1, 0.15) is 25.0 Å². The molecule has 0 aliphatic carbocycles. The van der Waals surface area contributed by atoms with Crippen molar-refractivity contribution >= 4 is 5.69 Å². The zero-order valence-electron chi connectivity index (χ0n) is 11.2. The lowest BCUT2D eigenvalue weighted by atomic mass is 9.96. The molecule has 1 aromatic rings. The van der Waals surface area contributed by atoms with Gasteiger partial charge in [-0.1, -0.05) is 6.07 Å². The molecule has 17 heavy (non-hydrogen) atoms. The first-order valence-corrected chi connectivity index (χ1v) is 5.70. The van der Waals surface area contributed by atoms with Crippen LogP contribution in [0, 0.1) is 30.6 Å². The molecule has 1 rings (SSSR count). The van der Waals surface area contributed by atoms with Gasteiger partial charge in [0.2, 0.25) is 0 Å². The smallest absolute Gasteiger partial charge is 0.144 e. The van der Waals surface area contributed by atoms with E-state index >= 15 is 0 Å². The van der Waals surface area contributed by atoms with Gasteiger partial charge in [-0.15, -0.1) is 0 Å². The second-order valence-electron chi connectivity index (χ2n) is 5.01. The van der Waals surface area contributed by atoms with Crippen molar-refractivity contribution in [3.05, 3.63) is 23.3 Å². The average Bonchev–Trinajstić information content (AvgIpc) is 2.26. The van der Waals surface area contributed by atoms with Gasteiger partial charge < -0.3 is 10.1 Å². The van der Waals surface area contributed by atoms with Crippen LogP contribution >= 0.6 is 0 Å². The normalized spacial score (nSPS) is 10.8. The number of hydrogen-bond donors (Lipinski definition) is 1.